The summed E-state index contributed by atoms with van der Waals surface area (Å²) in [5.41, 5.74) is 3.15. The molecule has 0 saturated carbocycles. The molecule has 86 valence electrons. The van der Waals surface area contributed by atoms with Crippen molar-refractivity contribution >= 4 is 0 Å². The summed E-state index contributed by atoms with van der Waals surface area (Å²) in [6, 6.07) is 0. The van der Waals surface area contributed by atoms with Gasteiger partial charge in [0, 0.05) is 32.8 Å². The quantitative estimate of drug-likeness (QED) is 0.681. The molecule has 0 aromatic rings. The van der Waals surface area contributed by atoms with Gasteiger partial charge in [0.25, 0.3) is 0 Å². The van der Waals surface area contributed by atoms with E-state index >= 15 is 0 Å². The summed E-state index contributed by atoms with van der Waals surface area (Å²) in [6.07, 6.45) is 2.40. The maximum absolute atomic E-state index is 5.73. The molecule has 2 rings (SSSR count). The smallest absolute Gasteiger partial charge is 0.0779 e. The van der Waals surface area contributed by atoms with Crippen LogP contribution in [0.1, 0.15) is 26.7 Å². The SMILES string of the molecule is CC(CNCC1(C)CCCO1)=C1CNC1. The highest BCUT2D eigenvalue weighted by atomic mass is 16.5. The van der Waals surface area contributed by atoms with E-state index in [9.17, 15) is 0 Å². The normalized spacial score (nSPS) is 30.4. The van der Waals surface area contributed by atoms with E-state index in [0.29, 0.717) is 0 Å². The Morgan fingerprint density at radius 3 is 2.87 bits per heavy atom. The molecule has 1 atom stereocenters. The predicted octanol–water partition coefficient (Wildman–Crippen LogP) is 1.06. The molecule has 0 aromatic carbocycles. The van der Waals surface area contributed by atoms with Crippen LogP contribution in [-0.2, 0) is 4.74 Å². The standard InChI is InChI=1S/C12H22N2O/c1-10(11-7-13-8-11)6-14-9-12(2)4-3-5-15-12/h13-14H,3-9H2,1-2H3. The minimum atomic E-state index is 0.0861. The van der Waals surface area contributed by atoms with Gasteiger partial charge in [0.2, 0.25) is 0 Å². The molecule has 0 spiro atoms. The second kappa shape index (κ2) is 4.64. The van der Waals surface area contributed by atoms with Gasteiger partial charge < -0.3 is 15.4 Å². The van der Waals surface area contributed by atoms with Gasteiger partial charge in [0.15, 0.2) is 0 Å². The molecule has 2 aliphatic rings. The first-order chi connectivity index (χ1) is 7.20. The lowest BCUT2D eigenvalue weighted by Crippen LogP contribution is -2.40. The highest BCUT2D eigenvalue weighted by Crippen LogP contribution is 2.23. The summed E-state index contributed by atoms with van der Waals surface area (Å²) in [7, 11) is 0. The molecule has 0 aliphatic carbocycles. The van der Waals surface area contributed by atoms with E-state index in [-0.39, 0.29) is 5.60 Å². The fourth-order valence-corrected chi connectivity index (χ4v) is 2.17. The summed E-state index contributed by atoms with van der Waals surface area (Å²) in [6.45, 7) is 9.52. The number of hydrogen-bond acceptors (Lipinski definition) is 3. The largest absolute Gasteiger partial charge is 0.374 e. The van der Waals surface area contributed by atoms with Crippen molar-refractivity contribution in [2.45, 2.75) is 32.3 Å². The van der Waals surface area contributed by atoms with Crippen molar-refractivity contribution in [1.82, 2.24) is 10.6 Å². The van der Waals surface area contributed by atoms with Crippen LogP contribution in [0.25, 0.3) is 0 Å². The van der Waals surface area contributed by atoms with E-state index in [0.717, 1.165) is 32.8 Å². The fraction of sp³-hybridized carbons (Fsp3) is 0.833. The molecule has 0 radical (unpaired) electrons. The van der Waals surface area contributed by atoms with Gasteiger partial charge in [-0.05, 0) is 32.3 Å². The first-order valence-electron chi connectivity index (χ1n) is 5.92. The van der Waals surface area contributed by atoms with Gasteiger partial charge in [0.05, 0.1) is 5.60 Å². The first kappa shape index (κ1) is 11.1. The zero-order chi connectivity index (χ0) is 10.7. The van der Waals surface area contributed by atoms with Crippen LogP contribution in [-0.4, -0.2) is 38.4 Å². The molecule has 3 nitrogen and oxygen atoms in total. The molecule has 2 saturated heterocycles. The number of nitrogens with one attached hydrogen (secondary N) is 2. The third kappa shape index (κ3) is 2.80. The van der Waals surface area contributed by atoms with E-state index in [4.69, 9.17) is 4.74 Å². The van der Waals surface area contributed by atoms with Crippen molar-refractivity contribution in [2.75, 3.05) is 32.8 Å². The lowest BCUT2D eigenvalue weighted by Gasteiger charge is -2.25. The molecule has 2 aliphatic heterocycles. The van der Waals surface area contributed by atoms with Crippen LogP contribution in [0.5, 0.6) is 0 Å². The highest BCUT2D eigenvalue weighted by molar-refractivity contribution is 5.22. The maximum Gasteiger partial charge on any atom is 0.0779 e. The Morgan fingerprint density at radius 2 is 2.33 bits per heavy atom. The minimum absolute atomic E-state index is 0.0861. The lowest BCUT2D eigenvalue weighted by atomic mass is 10.0. The third-order valence-electron chi connectivity index (χ3n) is 3.47. The zero-order valence-electron chi connectivity index (χ0n) is 9.86. The van der Waals surface area contributed by atoms with Gasteiger partial charge in [-0.25, -0.2) is 0 Å². The van der Waals surface area contributed by atoms with Crippen LogP contribution in [0.3, 0.4) is 0 Å². The summed E-state index contributed by atoms with van der Waals surface area (Å²) in [4.78, 5) is 0. The zero-order valence-corrected chi connectivity index (χ0v) is 9.86. The average molecular weight is 210 g/mol. The Bertz CT molecular complexity index is 248. The molecule has 2 heterocycles. The van der Waals surface area contributed by atoms with Crippen LogP contribution < -0.4 is 10.6 Å². The van der Waals surface area contributed by atoms with Crippen molar-refractivity contribution < 1.29 is 4.74 Å². The Hall–Kier alpha value is -0.380. The summed E-state index contributed by atoms with van der Waals surface area (Å²) in [5, 5.41) is 6.78. The van der Waals surface area contributed by atoms with Crippen LogP contribution in [0.2, 0.25) is 0 Å². The molecule has 15 heavy (non-hydrogen) atoms. The Balaban J connectivity index is 1.70. The fourth-order valence-electron chi connectivity index (χ4n) is 2.17. The van der Waals surface area contributed by atoms with E-state index in [1.165, 1.54) is 18.4 Å². The second-order valence-electron chi connectivity index (χ2n) is 4.99. The van der Waals surface area contributed by atoms with Crippen molar-refractivity contribution in [3.8, 4) is 0 Å². The molecule has 3 heteroatoms. The van der Waals surface area contributed by atoms with Crippen LogP contribution in [0.4, 0.5) is 0 Å². The Labute approximate surface area is 92.3 Å². The predicted molar refractivity (Wildman–Crippen MR) is 62.0 cm³/mol. The summed E-state index contributed by atoms with van der Waals surface area (Å²) in [5.74, 6) is 0. The van der Waals surface area contributed by atoms with E-state index in [1.54, 1.807) is 5.57 Å². The minimum Gasteiger partial charge on any atom is -0.374 e. The van der Waals surface area contributed by atoms with E-state index < -0.39 is 0 Å². The van der Waals surface area contributed by atoms with Crippen molar-refractivity contribution in [1.29, 1.82) is 0 Å². The van der Waals surface area contributed by atoms with Crippen molar-refractivity contribution in [3.05, 3.63) is 11.1 Å². The topological polar surface area (TPSA) is 33.3 Å². The van der Waals surface area contributed by atoms with Crippen LogP contribution >= 0.6 is 0 Å². The molecule has 2 N–H and O–H groups in total. The Kier molecular flexibility index (Phi) is 3.44. The van der Waals surface area contributed by atoms with Crippen LogP contribution in [0, 0.1) is 0 Å². The van der Waals surface area contributed by atoms with Crippen LogP contribution in [0.15, 0.2) is 11.1 Å². The van der Waals surface area contributed by atoms with Crippen molar-refractivity contribution in [2.24, 2.45) is 0 Å². The Morgan fingerprint density at radius 1 is 1.53 bits per heavy atom. The molecule has 0 amide bonds. The first-order valence-corrected chi connectivity index (χ1v) is 5.92. The number of ether oxygens (including phenoxy) is 1. The average Bonchev–Trinajstić information content (AvgIpc) is 2.49. The lowest BCUT2D eigenvalue weighted by molar-refractivity contribution is 0.0215. The third-order valence-corrected chi connectivity index (χ3v) is 3.47. The second-order valence-corrected chi connectivity index (χ2v) is 4.99. The molecular weight excluding hydrogens is 188 g/mol. The molecule has 0 aromatic heterocycles. The monoisotopic (exact) mass is 210 g/mol. The van der Waals surface area contributed by atoms with Gasteiger partial charge in [-0.15, -0.1) is 0 Å². The molecule has 0 bridgehead atoms. The maximum atomic E-state index is 5.73. The van der Waals surface area contributed by atoms with Gasteiger partial charge >= 0.3 is 0 Å². The van der Waals surface area contributed by atoms with Gasteiger partial charge in [-0.3, -0.25) is 0 Å². The highest BCUT2D eigenvalue weighted by Gasteiger charge is 2.29. The summed E-state index contributed by atoms with van der Waals surface area (Å²) >= 11 is 0. The number of hydrogen-bond donors (Lipinski definition) is 2. The van der Waals surface area contributed by atoms with E-state index in [2.05, 4.69) is 24.5 Å². The van der Waals surface area contributed by atoms with Gasteiger partial charge in [-0.1, -0.05) is 5.57 Å². The van der Waals surface area contributed by atoms with E-state index in [1.807, 2.05) is 0 Å². The molecule has 1 unspecified atom stereocenters. The molecular formula is C12H22N2O. The van der Waals surface area contributed by atoms with Gasteiger partial charge in [0.1, 0.15) is 0 Å². The van der Waals surface area contributed by atoms with Crippen molar-refractivity contribution in [3.63, 3.8) is 0 Å². The summed E-state index contributed by atoms with van der Waals surface area (Å²) < 4.78 is 5.73. The number of rotatable bonds is 4. The molecule has 2 fully saturated rings. The van der Waals surface area contributed by atoms with Gasteiger partial charge in [-0.2, -0.15) is 0 Å².